The number of rotatable bonds is 8. The number of benzene rings is 2. The fraction of sp³-hybridized carbons (Fsp3) is 0.379. The average molecular weight is 499 g/mol. The maximum atomic E-state index is 15.1. The van der Waals surface area contributed by atoms with E-state index < -0.39 is 23.3 Å². The highest BCUT2D eigenvalue weighted by atomic mass is 19.2. The smallest absolute Gasteiger partial charge is 0.201 e. The molecule has 1 heterocycles. The lowest BCUT2D eigenvalue weighted by Crippen LogP contribution is -2.14. The van der Waals surface area contributed by atoms with Crippen LogP contribution >= 0.6 is 0 Å². The van der Waals surface area contributed by atoms with E-state index in [1.165, 1.54) is 24.3 Å². The fourth-order valence-corrected chi connectivity index (χ4v) is 4.92. The largest absolute Gasteiger partial charge is 0.491 e. The van der Waals surface area contributed by atoms with Crippen LogP contribution < -0.4 is 4.74 Å². The maximum absolute atomic E-state index is 15.1. The number of aryl methyl sites for hydroxylation is 1. The first-order valence-corrected chi connectivity index (χ1v) is 12.5. The molecule has 0 aliphatic heterocycles. The Balaban J connectivity index is 1.46. The second kappa shape index (κ2) is 11.7. The van der Waals surface area contributed by atoms with Gasteiger partial charge in [-0.3, -0.25) is 0 Å². The minimum absolute atomic E-state index is 0.146. The van der Waals surface area contributed by atoms with Crippen LogP contribution in [0.25, 0.3) is 11.1 Å². The van der Waals surface area contributed by atoms with Gasteiger partial charge in [-0.1, -0.05) is 24.3 Å². The first kappa shape index (κ1) is 25.9. The van der Waals surface area contributed by atoms with E-state index in [9.17, 15) is 8.78 Å². The van der Waals surface area contributed by atoms with E-state index in [2.05, 4.69) is 16.0 Å². The van der Waals surface area contributed by atoms with Crippen molar-refractivity contribution in [2.45, 2.75) is 64.2 Å². The molecule has 0 radical (unpaired) electrons. The molecule has 0 unspecified atom stereocenters. The van der Waals surface area contributed by atoms with E-state index >= 15 is 8.78 Å². The van der Waals surface area contributed by atoms with Gasteiger partial charge in [0.25, 0.3) is 0 Å². The second-order valence-corrected chi connectivity index (χ2v) is 9.09. The SMILES string of the molecule is C/C=C/CCc1ncc(C2CCC(c3ccc(-c4ccc(OCC)c(F)c4F)c(F)c3F)CC2)cn1. The van der Waals surface area contributed by atoms with Gasteiger partial charge in [0, 0.05) is 29.9 Å². The summed E-state index contributed by atoms with van der Waals surface area (Å²) in [7, 11) is 0. The van der Waals surface area contributed by atoms with Crippen molar-refractivity contribution >= 4 is 0 Å². The van der Waals surface area contributed by atoms with Gasteiger partial charge in [-0.25, -0.2) is 23.1 Å². The molecule has 4 rings (SSSR count). The van der Waals surface area contributed by atoms with Crippen molar-refractivity contribution in [2.75, 3.05) is 6.61 Å². The Morgan fingerprint density at radius 2 is 1.44 bits per heavy atom. The molecule has 0 atom stereocenters. The van der Waals surface area contributed by atoms with Gasteiger partial charge in [0.15, 0.2) is 23.2 Å². The topological polar surface area (TPSA) is 35.0 Å². The van der Waals surface area contributed by atoms with Crippen LogP contribution in [0.3, 0.4) is 0 Å². The van der Waals surface area contributed by atoms with Gasteiger partial charge in [-0.2, -0.15) is 4.39 Å². The summed E-state index contributed by atoms with van der Waals surface area (Å²) in [5.74, 6) is -3.97. The van der Waals surface area contributed by atoms with Crippen LogP contribution in [0.5, 0.6) is 5.75 Å². The van der Waals surface area contributed by atoms with Gasteiger partial charge in [0.1, 0.15) is 5.82 Å². The molecule has 0 saturated heterocycles. The molecule has 2 aromatic carbocycles. The normalized spacial score (nSPS) is 18.1. The molecular weight excluding hydrogens is 468 g/mol. The van der Waals surface area contributed by atoms with E-state index in [4.69, 9.17) is 4.74 Å². The lowest BCUT2D eigenvalue weighted by atomic mass is 9.76. The second-order valence-electron chi connectivity index (χ2n) is 9.09. The van der Waals surface area contributed by atoms with Crippen LogP contribution in [0.4, 0.5) is 17.6 Å². The molecule has 7 heteroatoms. The molecule has 36 heavy (non-hydrogen) atoms. The van der Waals surface area contributed by atoms with Gasteiger partial charge < -0.3 is 4.74 Å². The summed E-state index contributed by atoms with van der Waals surface area (Å²) in [4.78, 5) is 8.95. The number of nitrogens with zero attached hydrogens (tertiary/aromatic N) is 2. The van der Waals surface area contributed by atoms with E-state index in [1.807, 2.05) is 25.4 Å². The van der Waals surface area contributed by atoms with Crippen molar-refractivity contribution < 1.29 is 22.3 Å². The Morgan fingerprint density at radius 1 is 0.833 bits per heavy atom. The zero-order valence-electron chi connectivity index (χ0n) is 20.5. The maximum Gasteiger partial charge on any atom is 0.201 e. The Bertz CT molecular complexity index is 1220. The lowest BCUT2D eigenvalue weighted by Gasteiger charge is -2.29. The van der Waals surface area contributed by atoms with Crippen molar-refractivity contribution in [1.82, 2.24) is 9.97 Å². The molecular formula is C29H30F4N2O. The standard InChI is InChI=1S/C29H30F4N2O/c1-3-5-6-7-25-34-16-20(17-35-25)18-8-10-19(11-9-18)21-12-13-22(27(31)26(21)30)23-14-15-24(36-4-2)29(33)28(23)32/h3,5,12-19H,4,6-11H2,1-2H3/b5-3+. The average Bonchev–Trinajstić information content (AvgIpc) is 2.90. The van der Waals surface area contributed by atoms with Gasteiger partial charge >= 0.3 is 0 Å². The van der Waals surface area contributed by atoms with E-state index in [1.54, 1.807) is 6.92 Å². The Hall–Kier alpha value is -3.22. The first-order chi connectivity index (χ1) is 17.4. The zero-order valence-corrected chi connectivity index (χ0v) is 20.5. The molecule has 0 N–H and O–H groups in total. The first-order valence-electron chi connectivity index (χ1n) is 12.5. The number of halogens is 4. The molecule has 3 aromatic rings. The zero-order chi connectivity index (χ0) is 25.7. The van der Waals surface area contributed by atoms with Crippen LogP contribution in [0, 0.1) is 23.3 Å². The Labute approximate surface area is 209 Å². The van der Waals surface area contributed by atoms with Crippen molar-refractivity contribution in [3.8, 4) is 16.9 Å². The monoisotopic (exact) mass is 498 g/mol. The van der Waals surface area contributed by atoms with Gasteiger partial charge in [-0.05, 0) is 81.0 Å². The molecule has 0 spiro atoms. The van der Waals surface area contributed by atoms with E-state index in [0.29, 0.717) is 12.8 Å². The summed E-state index contributed by atoms with van der Waals surface area (Å²) >= 11 is 0. The van der Waals surface area contributed by atoms with Gasteiger partial charge in [0.05, 0.1) is 6.61 Å². The van der Waals surface area contributed by atoms with Crippen LogP contribution in [0.2, 0.25) is 0 Å². The minimum atomic E-state index is -1.26. The Morgan fingerprint density at radius 3 is 2.08 bits per heavy atom. The number of hydrogen-bond donors (Lipinski definition) is 0. The van der Waals surface area contributed by atoms with Crippen molar-refractivity contribution in [1.29, 1.82) is 0 Å². The van der Waals surface area contributed by atoms with E-state index in [0.717, 1.165) is 37.1 Å². The van der Waals surface area contributed by atoms with E-state index in [-0.39, 0.29) is 40.9 Å². The van der Waals surface area contributed by atoms with Crippen molar-refractivity contribution in [3.63, 3.8) is 0 Å². The number of hydrogen-bond acceptors (Lipinski definition) is 3. The molecule has 0 bridgehead atoms. The summed E-state index contributed by atoms with van der Waals surface area (Å²) in [6, 6.07) is 5.26. The van der Waals surface area contributed by atoms with Crippen molar-refractivity contribution in [3.05, 3.63) is 89.0 Å². The molecule has 190 valence electrons. The van der Waals surface area contributed by atoms with Gasteiger partial charge in [-0.15, -0.1) is 0 Å². The highest BCUT2D eigenvalue weighted by Crippen LogP contribution is 2.42. The molecule has 1 saturated carbocycles. The third-order valence-corrected chi connectivity index (χ3v) is 6.88. The summed E-state index contributed by atoms with van der Waals surface area (Å²) in [5.41, 5.74) is 0.697. The quantitative estimate of drug-likeness (QED) is 0.233. The van der Waals surface area contributed by atoms with Crippen molar-refractivity contribution in [2.24, 2.45) is 0 Å². The summed E-state index contributed by atoms with van der Waals surface area (Å²) in [6.45, 7) is 3.78. The summed E-state index contributed by atoms with van der Waals surface area (Å²) in [6.07, 6.45) is 12.6. The van der Waals surface area contributed by atoms with Crippen LogP contribution in [-0.4, -0.2) is 16.6 Å². The molecule has 0 amide bonds. The number of ether oxygens (including phenoxy) is 1. The third-order valence-electron chi connectivity index (χ3n) is 6.88. The van der Waals surface area contributed by atoms with Crippen LogP contribution in [0.15, 0.2) is 48.8 Å². The highest BCUT2D eigenvalue weighted by Gasteiger charge is 2.28. The predicted molar refractivity (Wildman–Crippen MR) is 132 cm³/mol. The van der Waals surface area contributed by atoms with Crippen LogP contribution in [-0.2, 0) is 6.42 Å². The molecule has 1 aliphatic carbocycles. The van der Waals surface area contributed by atoms with Crippen LogP contribution in [0.1, 0.15) is 74.7 Å². The molecule has 1 aliphatic rings. The molecule has 1 aromatic heterocycles. The minimum Gasteiger partial charge on any atom is -0.491 e. The molecule has 3 nitrogen and oxygen atoms in total. The fourth-order valence-electron chi connectivity index (χ4n) is 4.92. The molecule has 1 fully saturated rings. The summed E-state index contributed by atoms with van der Waals surface area (Å²) < 4.78 is 64.1. The number of aromatic nitrogens is 2. The third kappa shape index (κ3) is 5.45. The lowest BCUT2D eigenvalue weighted by molar-refractivity contribution is 0.314. The Kier molecular flexibility index (Phi) is 8.39. The predicted octanol–water partition coefficient (Wildman–Crippen LogP) is 8.05. The highest BCUT2D eigenvalue weighted by molar-refractivity contribution is 5.66. The van der Waals surface area contributed by atoms with Gasteiger partial charge in [0.2, 0.25) is 5.82 Å². The number of allylic oxidation sites excluding steroid dienone is 2. The summed E-state index contributed by atoms with van der Waals surface area (Å²) in [5, 5.41) is 0.